The molecule has 0 unspecified atom stereocenters. The first-order valence-corrected chi connectivity index (χ1v) is 10.8. The van der Waals surface area contributed by atoms with Crippen molar-refractivity contribution in [2.24, 2.45) is 0 Å². The van der Waals surface area contributed by atoms with Gasteiger partial charge in [0.1, 0.15) is 0 Å². The van der Waals surface area contributed by atoms with Crippen LogP contribution in [0.15, 0.2) is 61.2 Å². The van der Waals surface area contributed by atoms with Gasteiger partial charge in [0.2, 0.25) is 0 Å². The van der Waals surface area contributed by atoms with Gasteiger partial charge in [-0.2, -0.15) is 0 Å². The number of hydrogen-bond donors (Lipinski definition) is 1. The number of imidazole rings is 1. The van der Waals surface area contributed by atoms with E-state index in [0.29, 0.717) is 21.7 Å². The Labute approximate surface area is 193 Å². The molecular weight excluding hydrogens is 437 g/mol. The van der Waals surface area contributed by atoms with E-state index in [1.807, 2.05) is 32.7 Å². The lowest BCUT2D eigenvalue weighted by atomic mass is 10.2. The highest BCUT2D eigenvalue weighted by Gasteiger charge is 2.13. The SMILES string of the molecule is CN(C)c1ccc(CN(CCCn2ccnc2)C(=S)Nc2ccc(Cl)cc2Cl)cc1. The number of halogens is 2. The standard InChI is InChI=1S/C22H25Cl2N5S/c1-27(2)19-7-4-17(5-8-19)15-29(12-3-11-28-13-10-25-16-28)22(30)26-21-9-6-18(23)14-20(21)24/h4-10,13-14,16H,3,11-12,15H2,1-2H3,(H,26,30). The highest BCUT2D eigenvalue weighted by molar-refractivity contribution is 7.80. The Morgan fingerprint density at radius 3 is 2.53 bits per heavy atom. The first kappa shape index (κ1) is 22.4. The average Bonchev–Trinajstić information content (AvgIpc) is 3.23. The summed E-state index contributed by atoms with van der Waals surface area (Å²) in [6, 6.07) is 13.8. The molecule has 1 aromatic heterocycles. The average molecular weight is 462 g/mol. The Kier molecular flexibility index (Phi) is 7.96. The van der Waals surface area contributed by atoms with Crippen LogP contribution in [0, 0.1) is 0 Å². The molecule has 3 aromatic rings. The second kappa shape index (κ2) is 10.7. The molecule has 1 heterocycles. The number of benzene rings is 2. The molecule has 158 valence electrons. The van der Waals surface area contributed by atoms with Crippen molar-refractivity contribution >= 4 is 51.9 Å². The van der Waals surface area contributed by atoms with Gasteiger partial charge in [-0.15, -0.1) is 0 Å². The molecule has 0 radical (unpaired) electrons. The fourth-order valence-electron chi connectivity index (χ4n) is 3.02. The summed E-state index contributed by atoms with van der Waals surface area (Å²) in [6.07, 6.45) is 6.52. The van der Waals surface area contributed by atoms with Crippen molar-refractivity contribution in [3.63, 3.8) is 0 Å². The second-order valence-electron chi connectivity index (χ2n) is 7.19. The van der Waals surface area contributed by atoms with Crippen LogP contribution in [0.25, 0.3) is 0 Å². The van der Waals surface area contributed by atoms with Gasteiger partial charge in [0.15, 0.2) is 5.11 Å². The van der Waals surface area contributed by atoms with Crippen LogP contribution in [0.1, 0.15) is 12.0 Å². The van der Waals surface area contributed by atoms with E-state index in [-0.39, 0.29) is 0 Å². The van der Waals surface area contributed by atoms with Crippen LogP contribution in [0.5, 0.6) is 0 Å². The lowest BCUT2D eigenvalue weighted by molar-refractivity contribution is 0.396. The number of nitrogens with zero attached hydrogens (tertiary/aromatic N) is 4. The van der Waals surface area contributed by atoms with Gasteiger partial charge in [0.05, 0.1) is 17.0 Å². The minimum Gasteiger partial charge on any atom is -0.378 e. The predicted octanol–water partition coefficient (Wildman–Crippen LogP) is 5.55. The van der Waals surface area contributed by atoms with Crippen LogP contribution in [0.2, 0.25) is 10.0 Å². The molecule has 0 spiro atoms. The molecule has 30 heavy (non-hydrogen) atoms. The Morgan fingerprint density at radius 1 is 1.13 bits per heavy atom. The van der Waals surface area contributed by atoms with E-state index in [0.717, 1.165) is 25.2 Å². The predicted molar refractivity (Wildman–Crippen MR) is 131 cm³/mol. The number of aromatic nitrogens is 2. The van der Waals surface area contributed by atoms with Gasteiger partial charge >= 0.3 is 0 Å². The molecule has 0 aliphatic heterocycles. The Morgan fingerprint density at radius 2 is 1.90 bits per heavy atom. The van der Waals surface area contributed by atoms with E-state index in [1.165, 1.54) is 11.3 Å². The molecule has 0 bridgehead atoms. The van der Waals surface area contributed by atoms with E-state index in [1.54, 1.807) is 18.3 Å². The summed E-state index contributed by atoms with van der Waals surface area (Å²) in [5.74, 6) is 0. The summed E-state index contributed by atoms with van der Waals surface area (Å²) < 4.78 is 2.07. The summed E-state index contributed by atoms with van der Waals surface area (Å²) in [7, 11) is 4.07. The Hall–Kier alpha value is -2.28. The molecular formula is C22H25Cl2N5S. The van der Waals surface area contributed by atoms with Crippen molar-refractivity contribution in [1.82, 2.24) is 14.5 Å². The summed E-state index contributed by atoms with van der Waals surface area (Å²) in [5.41, 5.74) is 3.10. The second-order valence-corrected chi connectivity index (χ2v) is 8.42. The molecule has 0 fully saturated rings. The molecule has 0 saturated carbocycles. The quantitative estimate of drug-likeness (QED) is 0.445. The first-order chi connectivity index (χ1) is 14.4. The highest BCUT2D eigenvalue weighted by Crippen LogP contribution is 2.26. The molecule has 1 N–H and O–H groups in total. The fraction of sp³-hybridized carbons (Fsp3) is 0.273. The zero-order valence-corrected chi connectivity index (χ0v) is 19.4. The number of anilines is 2. The molecule has 0 atom stereocenters. The van der Waals surface area contributed by atoms with Crippen LogP contribution < -0.4 is 10.2 Å². The molecule has 0 aliphatic rings. The lowest BCUT2D eigenvalue weighted by Gasteiger charge is -2.27. The van der Waals surface area contributed by atoms with Crippen LogP contribution >= 0.6 is 35.4 Å². The lowest BCUT2D eigenvalue weighted by Crippen LogP contribution is -2.35. The summed E-state index contributed by atoms with van der Waals surface area (Å²) in [6.45, 7) is 2.37. The third-order valence-corrected chi connectivity index (χ3v) is 5.60. The van der Waals surface area contributed by atoms with Gasteiger partial charge in [0, 0.05) is 56.8 Å². The van der Waals surface area contributed by atoms with Crippen LogP contribution in [-0.2, 0) is 13.1 Å². The molecule has 0 aliphatic carbocycles. The molecule has 3 rings (SSSR count). The van der Waals surface area contributed by atoms with Crippen molar-refractivity contribution in [3.05, 3.63) is 76.8 Å². The molecule has 0 saturated heterocycles. The van der Waals surface area contributed by atoms with Crippen molar-refractivity contribution in [1.29, 1.82) is 0 Å². The van der Waals surface area contributed by atoms with Crippen molar-refractivity contribution in [2.45, 2.75) is 19.5 Å². The van der Waals surface area contributed by atoms with Gasteiger partial charge in [-0.25, -0.2) is 4.98 Å². The van der Waals surface area contributed by atoms with Gasteiger partial charge in [0.25, 0.3) is 0 Å². The van der Waals surface area contributed by atoms with Gasteiger partial charge in [-0.3, -0.25) is 0 Å². The maximum Gasteiger partial charge on any atom is 0.173 e. The van der Waals surface area contributed by atoms with Crippen LogP contribution in [0.4, 0.5) is 11.4 Å². The molecule has 8 heteroatoms. The zero-order valence-electron chi connectivity index (χ0n) is 17.1. The van der Waals surface area contributed by atoms with Gasteiger partial charge in [-0.05, 0) is 54.5 Å². The van der Waals surface area contributed by atoms with Crippen LogP contribution in [0.3, 0.4) is 0 Å². The van der Waals surface area contributed by atoms with Crippen LogP contribution in [-0.4, -0.2) is 40.2 Å². The van der Waals surface area contributed by atoms with E-state index < -0.39 is 0 Å². The molecule has 2 aromatic carbocycles. The summed E-state index contributed by atoms with van der Waals surface area (Å²) in [5, 5.41) is 5.03. The third-order valence-electron chi connectivity index (χ3n) is 4.69. The minimum absolute atomic E-state index is 0.540. The van der Waals surface area contributed by atoms with Crippen molar-refractivity contribution in [2.75, 3.05) is 30.9 Å². The normalized spacial score (nSPS) is 10.7. The van der Waals surface area contributed by atoms with E-state index in [2.05, 4.69) is 48.9 Å². The van der Waals surface area contributed by atoms with E-state index in [9.17, 15) is 0 Å². The van der Waals surface area contributed by atoms with Gasteiger partial charge in [-0.1, -0.05) is 35.3 Å². The monoisotopic (exact) mass is 461 g/mol. The first-order valence-electron chi connectivity index (χ1n) is 9.65. The third kappa shape index (κ3) is 6.36. The number of nitrogens with one attached hydrogen (secondary N) is 1. The number of hydrogen-bond acceptors (Lipinski definition) is 3. The fourth-order valence-corrected chi connectivity index (χ4v) is 3.74. The largest absolute Gasteiger partial charge is 0.378 e. The van der Waals surface area contributed by atoms with Crippen molar-refractivity contribution in [3.8, 4) is 0 Å². The summed E-state index contributed by atoms with van der Waals surface area (Å²) >= 11 is 18.1. The van der Waals surface area contributed by atoms with Gasteiger partial charge < -0.3 is 19.7 Å². The number of aryl methyl sites for hydroxylation is 1. The molecule has 0 amide bonds. The highest BCUT2D eigenvalue weighted by atomic mass is 35.5. The smallest absolute Gasteiger partial charge is 0.173 e. The van der Waals surface area contributed by atoms with E-state index in [4.69, 9.17) is 35.4 Å². The Bertz CT molecular complexity index is 958. The minimum atomic E-state index is 0.540. The van der Waals surface area contributed by atoms with E-state index >= 15 is 0 Å². The summed E-state index contributed by atoms with van der Waals surface area (Å²) in [4.78, 5) is 8.34. The number of rotatable bonds is 8. The maximum atomic E-state index is 6.32. The topological polar surface area (TPSA) is 36.3 Å². The zero-order chi connectivity index (χ0) is 21.5. The maximum absolute atomic E-state index is 6.32. The number of thiocarbonyl (C=S) groups is 1. The molecule has 5 nitrogen and oxygen atoms in total. The van der Waals surface area contributed by atoms with Crippen molar-refractivity contribution < 1.29 is 0 Å². The Balaban J connectivity index is 1.70.